The molecule has 2 aliphatic heterocycles. The van der Waals surface area contributed by atoms with Crippen LogP contribution in [-0.4, -0.2) is 28.9 Å². The normalized spacial score (nSPS) is 16.6. The first kappa shape index (κ1) is 21.2. The minimum Gasteiger partial charge on any atom is -0.476 e. The summed E-state index contributed by atoms with van der Waals surface area (Å²) in [6, 6.07) is 19.5. The highest BCUT2D eigenvalue weighted by Gasteiger charge is 2.41. The third-order valence-corrected chi connectivity index (χ3v) is 6.29. The molecule has 0 unspecified atom stereocenters. The molecular formula is C27H25FN2O3. The maximum atomic E-state index is 13.4. The van der Waals surface area contributed by atoms with Crippen molar-refractivity contribution in [3.63, 3.8) is 0 Å². The van der Waals surface area contributed by atoms with Gasteiger partial charge in [0.05, 0.1) is 12.2 Å². The van der Waals surface area contributed by atoms with E-state index in [1.165, 1.54) is 17.7 Å². The second-order valence-corrected chi connectivity index (χ2v) is 9.06. The monoisotopic (exact) mass is 444 g/mol. The number of rotatable bonds is 3. The van der Waals surface area contributed by atoms with Crippen molar-refractivity contribution in [2.45, 2.75) is 39.0 Å². The van der Waals surface area contributed by atoms with Crippen molar-refractivity contribution in [3.05, 3.63) is 94.8 Å². The van der Waals surface area contributed by atoms with Gasteiger partial charge < -0.3 is 14.5 Å². The van der Waals surface area contributed by atoms with E-state index in [1.807, 2.05) is 17.0 Å². The molecule has 0 saturated carbocycles. The van der Waals surface area contributed by atoms with Crippen molar-refractivity contribution in [1.29, 1.82) is 0 Å². The lowest BCUT2D eigenvalue weighted by Gasteiger charge is -2.39. The molecule has 3 aromatic carbocycles. The fourth-order valence-corrected chi connectivity index (χ4v) is 4.48. The minimum absolute atomic E-state index is 0.0775. The minimum atomic E-state index is -1.05. The number of carbonyl (C=O) groups excluding carboxylic acids is 2. The molecule has 0 spiro atoms. The number of ether oxygens (including phenoxy) is 1. The molecule has 2 aliphatic rings. The van der Waals surface area contributed by atoms with Crippen molar-refractivity contribution >= 4 is 17.5 Å². The van der Waals surface area contributed by atoms with Crippen molar-refractivity contribution in [1.82, 2.24) is 4.90 Å². The molecule has 168 valence electrons. The van der Waals surface area contributed by atoms with E-state index in [9.17, 15) is 14.0 Å². The second-order valence-electron chi connectivity index (χ2n) is 9.06. The molecule has 0 fully saturated rings. The number of halogens is 1. The van der Waals surface area contributed by atoms with Crippen LogP contribution in [0.15, 0.2) is 66.7 Å². The first-order valence-electron chi connectivity index (χ1n) is 11.1. The molecule has 2 heterocycles. The van der Waals surface area contributed by atoms with Gasteiger partial charge in [-0.05, 0) is 67.3 Å². The van der Waals surface area contributed by atoms with Gasteiger partial charge in [-0.3, -0.25) is 9.59 Å². The van der Waals surface area contributed by atoms with Crippen molar-refractivity contribution in [3.8, 4) is 5.75 Å². The van der Waals surface area contributed by atoms with Crippen LogP contribution in [0.2, 0.25) is 0 Å². The van der Waals surface area contributed by atoms with Gasteiger partial charge in [-0.15, -0.1) is 0 Å². The summed E-state index contributed by atoms with van der Waals surface area (Å²) < 4.78 is 19.3. The number of carbonyl (C=O) groups is 2. The fourth-order valence-electron chi connectivity index (χ4n) is 4.48. The summed E-state index contributed by atoms with van der Waals surface area (Å²) in [7, 11) is 0. The van der Waals surface area contributed by atoms with E-state index < -0.39 is 5.60 Å². The topological polar surface area (TPSA) is 49.9 Å². The Kier molecular flexibility index (Phi) is 5.16. The van der Waals surface area contributed by atoms with Gasteiger partial charge in [-0.25, -0.2) is 4.39 Å². The summed E-state index contributed by atoms with van der Waals surface area (Å²) in [5, 5.41) is 0. The summed E-state index contributed by atoms with van der Waals surface area (Å²) in [5.41, 5.74) is 3.24. The van der Waals surface area contributed by atoms with Gasteiger partial charge in [-0.1, -0.05) is 36.4 Å². The molecule has 5 nitrogen and oxygen atoms in total. The molecule has 33 heavy (non-hydrogen) atoms. The molecule has 5 rings (SSSR count). The van der Waals surface area contributed by atoms with E-state index >= 15 is 0 Å². The van der Waals surface area contributed by atoms with Crippen molar-refractivity contribution in [2.24, 2.45) is 0 Å². The molecule has 0 N–H and O–H groups in total. The number of amides is 2. The lowest BCUT2D eigenvalue weighted by atomic mass is 9.98. The summed E-state index contributed by atoms with van der Waals surface area (Å²) >= 11 is 0. The average Bonchev–Trinajstić information content (AvgIpc) is 2.82. The van der Waals surface area contributed by atoms with Gasteiger partial charge in [0, 0.05) is 18.7 Å². The zero-order valence-electron chi connectivity index (χ0n) is 18.7. The molecule has 0 radical (unpaired) electrons. The maximum absolute atomic E-state index is 13.4. The summed E-state index contributed by atoms with van der Waals surface area (Å²) in [6.45, 7) is 4.91. The predicted octanol–water partition coefficient (Wildman–Crippen LogP) is 4.73. The van der Waals surface area contributed by atoms with Crippen LogP contribution in [0.1, 0.15) is 40.9 Å². The summed E-state index contributed by atoms with van der Waals surface area (Å²) in [5.74, 6) is -0.0758. The first-order chi connectivity index (χ1) is 15.8. The number of fused-ring (bicyclic) bond motifs is 2. The van der Waals surface area contributed by atoms with Gasteiger partial charge in [0.1, 0.15) is 11.6 Å². The number of nitrogens with zero attached hydrogens (tertiary/aromatic N) is 2. The second kappa shape index (κ2) is 8.03. The Balaban J connectivity index is 1.46. The third-order valence-electron chi connectivity index (χ3n) is 6.29. The first-order valence-corrected chi connectivity index (χ1v) is 11.1. The lowest BCUT2D eigenvalue weighted by Crippen LogP contribution is -2.52. The number of hydrogen-bond acceptors (Lipinski definition) is 3. The number of hydrogen-bond donors (Lipinski definition) is 0. The van der Waals surface area contributed by atoms with Crippen LogP contribution in [0.4, 0.5) is 10.1 Å². The molecule has 0 aromatic heterocycles. The lowest BCUT2D eigenvalue weighted by molar-refractivity contribution is -0.132. The van der Waals surface area contributed by atoms with Crippen molar-refractivity contribution in [2.75, 3.05) is 11.4 Å². The van der Waals surface area contributed by atoms with Gasteiger partial charge in [0.15, 0.2) is 5.60 Å². The molecule has 6 heteroatoms. The van der Waals surface area contributed by atoms with Crippen LogP contribution < -0.4 is 9.64 Å². The van der Waals surface area contributed by atoms with Gasteiger partial charge in [0.25, 0.3) is 11.8 Å². The standard InChI is InChI=1S/C27H25FN2O3/c1-27(2)26(32)30(16-18-7-10-22(28)11-8-18)23-15-20(9-12-24(23)33-27)25(31)29-14-13-19-5-3-4-6-21(19)17-29/h3-12,15H,13-14,16-17H2,1-2H3. The van der Waals surface area contributed by atoms with E-state index in [1.54, 1.807) is 49.1 Å². The molecular weight excluding hydrogens is 419 g/mol. The van der Waals surface area contributed by atoms with E-state index in [0.717, 1.165) is 17.5 Å². The molecule has 0 saturated heterocycles. The third kappa shape index (κ3) is 3.97. The molecule has 0 bridgehead atoms. The van der Waals surface area contributed by atoms with E-state index in [0.29, 0.717) is 30.1 Å². The highest BCUT2D eigenvalue weighted by molar-refractivity contribution is 6.04. The van der Waals surface area contributed by atoms with E-state index in [-0.39, 0.29) is 24.2 Å². The zero-order chi connectivity index (χ0) is 23.2. The Morgan fingerprint density at radius 1 is 1.03 bits per heavy atom. The van der Waals surface area contributed by atoms with Gasteiger partial charge in [-0.2, -0.15) is 0 Å². The Bertz CT molecular complexity index is 1240. The fraction of sp³-hybridized carbons (Fsp3) is 0.259. The van der Waals surface area contributed by atoms with E-state index in [2.05, 4.69) is 12.1 Å². The van der Waals surface area contributed by atoms with Gasteiger partial charge in [0.2, 0.25) is 0 Å². The highest BCUT2D eigenvalue weighted by Crippen LogP contribution is 2.39. The van der Waals surface area contributed by atoms with E-state index in [4.69, 9.17) is 4.74 Å². The zero-order valence-corrected chi connectivity index (χ0v) is 18.7. The van der Waals surface area contributed by atoms with Crippen LogP contribution in [0.3, 0.4) is 0 Å². The van der Waals surface area contributed by atoms with Crippen LogP contribution in [0.5, 0.6) is 5.75 Å². The largest absolute Gasteiger partial charge is 0.476 e. The number of anilines is 1. The van der Waals surface area contributed by atoms with Gasteiger partial charge >= 0.3 is 0 Å². The van der Waals surface area contributed by atoms with Crippen LogP contribution in [0.25, 0.3) is 0 Å². The summed E-state index contributed by atoms with van der Waals surface area (Å²) in [6.07, 6.45) is 0.819. The molecule has 0 aliphatic carbocycles. The summed E-state index contributed by atoms with van der Waals surface area (Å²) in [4.78, 5) is 30.0. The Morgan fingerprint density at radius 3 is 2.52 bits per heavy atom. The quantitative estimate of drug-likeness (QED) is 0.587. The Morgan fingerprint density at radius 2 is 1.76 bits per heavy atom. The number of benzene rings is 3. The van der Waals surface area contributed by atoms with Crippen LogP contribution in [-0.2, 0) is 24.3 Å². The van der Waals surface area contributed by atoms with Crippen LogP contribution >= 0.6 is 0 Å². The SMILES string of the molecule is CC1(C)Oc2ccc(C(=O)N3CCc4ccccc4C3)cc2N(Cc2ccc(F)cc2)C1=O. The smallest absolute Gasteiger partial charge is 0.271 e. The maximum Gasteiger partial charge on any atom is 0.271 e. The molecule has 0 atom stereocenters. The molecule has 3 aromatic rings. The van der Waals surface area contributed by atoms with Crippen LogP contribution in [0, 0.1) is 5.82 Å². The predicted molar refractivity (Wildman–Crippen MR) is 124 cm³/mol. The Hall–Kier alpha value is -3.67. The average molecular weight is 445 g/mol. The molecule has 2 amide bonds. The Labute approximate surface area is 192 Å². The highest BCUT2D eigenvalue weighted by atomic mass is 19.1. The van der Waals surface area contributed by atoms with Crippen molar-refractivity contribution < 1.29 is 18.7 Å².